The largest absolute Gasteiger partial charge is 0.550 e. The summed E-state index contributed by atoms with van der Waals surface area (Å²) in [6.07, 6.45) is 12.2. The van der Waals surface area contributed by atoms with Gasteiger partial charge in [0.15, 0.2) is 0 Å². The average Bonchev–Trinajstić information content (AvgIpc) is 2.57. The molecular weight excluding hydrogens is 314 g/mol. The number of carbonyl (C=O) groups is 1. The topological polar surface area (TPSA) is 60.4 Å². The van der Waals surface area contributed by atoms with Gasteiger partial charge in [-0.3, -0.25) is 0 Å². The molecule has 0 bridgehead atoms. The van der Waals surface area contributed by atoms with Crippen LogP contribution in [0.15, 0.2) is 0 Å². The smallest absolute Gasteiger partial charge is 0.105 e. The van der Waals surface area contributed by atoms with Gasteiger partial charge in [0, 0.05) is 12.4 Å². The molecule has 0 aromatic heterocycles. The lowest BCUT2D eigenvalue weighted by Gasteiger charge is -2.41. The Bertz CT molecular complexity index is 310. The number of carboxylic acid groups (broad SMARTS) is 1. The van der Waals surface area contributed by atoms with E-state index in [1.54, 1.807) is 0 Å². The SMILES string of the molecule is CCCCCCC(O)C[N+](CCCCC)(CCCCC)CCC(=O)[O-]. The van der Waals surface area contributed by atoms with Crippen LogP contribution in [0.3, 0.4) is 0 Å². The summed E-state index contributed by atoms with van der Waals surface area (Å²) in [5.74, 6) is -0.967. The van der Waals surface area contributed by atoms with E-state index in [2.05, 4.69) is 20.8 Å². The van der Waals surface area contributed by atoms with Gasteiger partial charge < -0.3 is 19.5 Å². The highest BCUT2D eigenvalue weighted by Gasteiger charge is 2.29. The first-order valence-corrected chi connectivity index (χ1v) is 10.7. The van der Waals surface area contributed by atoms with Gasteiger partial charge in [0.25, 0.3) is 0 Å². The Morgan fingerprint density at radius 2 is 1.36 bits per heavy atom. The molecule has 0 saturated carbocycles. The van der Waals surface area contributed by atoms with Crippen LogP contribution < -0.4 is 5.11 Å². The Balaban J connectivity index is 4.81. The number of carboxylic acids is 1. The van der Waals surface area contributed by atoms with Crippen molar-refractivity contribution in [3.05, 3.63) is 0 Å². The van der Waals surface area contributed by atoms with E-state index in [1.165, 1.54) is 32.1 Å². The third-order valence-electron chi connectivity index (χ3n) is 5.25. The Morgan fingerprint density at radius 1 is 0.840 bits per heavy atom. The Hall–Kier alpha value is -0.610. The Kier molecular flexibility index (Phi) is 15.2. The quantitative estimate of drug-likeness (QED) is 0.301. The standard InChI is InChI=1S/C21H43NO3/c1-4-7-10-11-14-20(23)19-22(16-12-8-5-2,17-13-9-6-3)18-15-21(24)25/h20,23H,4-19H2,1-3H3. The van der Waals surface area contributed by atoms with Crippen molar-refractivity contribution >= 4 is 5.97 Å². The van der Waals surface area contributed by atoms with Crippen molar-refractivity contribution in [3.63, 3.8) is 0 Å². The molecule has 0 radical (unpaired) electrons. The fourth-order valence-corrected chi connectivity index (χ4v) is 3.68. The van der Waals surface area contributed by atoms with Gasteiger partial charge in [-0.15, -0.1) is 0 Å². The van der Waals surface area contributed by atoms with Crippen LogP contribution in [0.4, 0.5) is 0 Å². The predicted octanol–water partition coefficient (Wildman–Crippen LogP) is 3.65. The van der Waals surface area contributed by atoms with Gasteiger partial charge in [0.2, 0.25) is 0 Å². The molecule has 1 atom stereocenters. The number of rotatable bonds is 18. The van der Waals surface area contributed by atoms with E-state index >= 15 is 0 Å². The minimum Gasteiger partial charge on any atom is -0.550 e. The number of nitrogens with zero attached hydrogens (tertiary/aromatic N) is 1. The van der Waals surface area contributed by atoms with Crippen molar-refractivity contribution in [2.75, 3.05) is 26.2 Å². The van der Waals surface area contributed by atoms with Crippen molar-refractivity contribution in [3.8, 4) is 0 Å². The molecule has 0 aliphatic rings. The molecule has 1 unspecified atom stereocenters. The second kappa shape index (κ2) is 15.6. The van der Waals surface area contributed by atoms with Crippen LogP contribution in [0.25, 0.3) is 0 Å². The zero-order valence-corrected chi connectivity index (χ0v) is 17.1. The van der Waals surface area contributed by atoms with Crippen molar-refractivity contribution in [1.29, 1.82) is 0 Å². The lowest BCUT2D eigenvalue weighted by atomic mass is 10.1. The van der Waals surface area contributed by atoms with E-state index in [0.717, 1.165) is 56.1 Å². The minimum absolute atomic E-state index is 0.0980. The molecule has 150 valence electrons. The van der Waals surface area contributed by atoms with Crippen molar-refractivity contribution < 1.29 is 19.5 Å². The maximum absolute atomic E-state index is 11.1. The summed E-state index contributed by atoms with van der Waals surface area (Å²) in [7, 11) is 0. The molecule has 0 aliphatic carbocycles. The number of quaternary nitrogens is 1. The van der Waals surface area contributed by atoms with Crippen LogP contribution in [-0.2, 0) is 4.79 Å². The predicted molar refractivity (Wildman–Crippen MR) is 103 cm³/mol. The second-order valence-electron chi connectivity index (χ2n) is 7.73. The first-order chi connectivity index (χ1) is 12.0. The molecule has 1 N–H and O–H groups in total. The number of aliphatic hydroxyl groups excluding tert-OH is 1. The van der Waals surface area contributed by atoms with Crippen molar-refractivity contribution in [1.82, 2.24) is 0 Å². The Labute approximate surface area is 156 Å². The molecule has 0 aromatic rings. The molecule has 4 nitrogen and oxygen atoms in total. The van der Waals surface area contributed by atoms with Crippen LogP contribution in [0, 0.1) is 0 Å². The van der Waals surface area contributed by atoms with E-state index in [4.69, 9.17) is 0 Å². The number of unbranched alkanes of at least 4 members (excludes halogenated alkanes) is 7. The van der Waals surface area contributed by atoms with Gasteiger partial charge in [-0.1, -0.05) is 59.3 Å². The van der Waals surface area contributed by atoms with Gasteiger partial charge in [0.05, 0.1) is 19.6 Å². The summed E-state index contributed by atoms with van der Waals surface area (Å²) in [5, 5.41) is 21.6. The van der Waals surface area contributed by atoms with Crippen LogP contribution in [0.5, 0.6) is 0 Å². The molecule has 0 rings (SSSR count). The summed E-state index contributed by atoms with van der Waals surface area (Å²) in [6.45, 7) is 9.84. The first kappa shape index (κ1) is 24.4. The van der Waals surface area contributed by atoms with Crippen LogP contribution in [0.1, 0.15) is 97.8 Å². The number of carbonyl (C=O) groups excluding carboxylic acids is 1. The van der Waals surface area contributed by atoms with Gasteiger partial charge >= 0.3 is 0 Å². The molecule has 0 aromatic carbocycles. The van der Waals surface area contributed by atoms with E-state index in [-0.39, 0.29) is 12.5 Å². The van der Waals surface area contributed by atoms with Gasteiger partial charge in [-0.25, -0.2) is 0 Å². The van der Waals surface area contributed by atoms with E-state index in [0.29, 0.717) is 13.1 Å². The third kappa shape index (κ3) is 13.3. The highest BCUT2D eigenvalue weighted by molar-refractivity contribution is 5.64. The monoisotopic (exact) mass is 357 g/mol. The maximum atomic E-state index is 11.1. The Morgan fingerprint density at radius 3 is 1.84 bits per heavy atom. The molecule has 0 spiro atoms. The van der Waals surface area contributed by atoms with Crippen LogP contribution in [0.2, 0.25) is 0 Å². The molecule has 0 amide bonds. The maximum Gasteiger partial charge on any atom is 0.105 e. The zero-order valence-electron chi connectivity index (χ0n) is 17.1. The third-order valence-corrected chi connectivity index (χ3v) is 5.25. The van der Waals surface area contributed by atoms with E-state index in [9.17, 15) is 15.0 Å². The number of aliphatic carboxylic acids is 1. The van der Waals surface area contributed by atoms with E-state index in [1.807, 2.05) is 0 Å². The van der Waals surface area contributed by atoms with Crippen molar-refractivity contribution in [2.45, 2.75) is 104 Å². The lowest BCUT2D eigenvalue weighted by molar-refractivity contribution is -0.931. The summed E-state index contributed by atoms with van der Waals surface area (Å²) in [4.78, 5) is 11.1. The lowest BCUT2D eigenvalue weighted by Crippen LogP contribution is -2.55. The van der Waals surface area contributed by atoms with Crippen LogP contribution >= 0.6 is 0 Å². The highest BCUT2D eigenvalue weighted by Crippen LogP contribution is 2.18. The average molecular weight is 358 g/mol. The summed E-state index contributed by atoms with van der Waals surface area (Å²) in [5.41, 5.74) is 0. The minimum atomic E-state index is -0.967. The summed E-state index contributed by atoms with van der Waals surface area (Å²) in [6, 6.07) is 0. The molecule has 4 heteroatoms. The van der Waals surface area contributed by atoms with Crippen LogP contribution in [-0.4, -0.2) is 47.8 Å². The molecular formula is C21H43NO3. The van der Waals surface area contributed by atoms with Gasteiger partial charge in [-0.2, -0.15) is 0 Å². The highest BCUT2D eigenvalue weighted by atomic mass is 16.4. The fraction of sp³-hybridized carbons (Fsp3) is 0.952. The first-order valence-electron chi connectivity index (χ1n) is 10.7. The molecule has 0 saturated heterocycles. The number of hydrogen-bond acceptors (Lipinski definition) is 3. The summed E-state index contributed by atoms with van der Waals surface area (Å²) < 4.78 is 0.753. The van der Waals surface area contributed by atoms with E-state index < -0.39 is 5.97 Å². The van der Waals surface area contributed by atoms with Crippen molar-refractivity contribution in [2.24, 2.45) is 0 Å². The molecule has 0 fully saturated rings. The fourth-order valence-electron chi connectivity index (χ4n) is 3.68. The molecule has 0 aliphatic heterocycles. The zero-order chi connectivity index (χ0) is 19.0. The number of hydrogen-bond donors (Lipinski definition) is 1. The van der Waals surface area contributed by atoms with Gasteiger partial charge in [-0.05, 0) is 32.1 Å². The summed E-state index contributed by atoms with van der Waals surface area (Å²) >= 11 is 0. The normalized spacial score (nSPS) is 13.1. The van der Waals surface area contributed by atoms with Gasteiger partial charge in [0.1, 0.15) is 12.6 Å². The molecule has 0 heterocycles. The molecule has 25 heavy (non-hydrogen) atoms. The number of aliphatic hydroxyl groups is 1. The second-order valence-corrected chi connectivity index (χ2v) is 7.73.